The maximum atomic E-state index is 3.78. The van der Waals surface area contributed by atoms with Gasteiger partial charge in [0.05, 0.1) is 0 Å². The minimum Gasteiger partial charge on any atom is -0.103 e. The first kappa shape index (κ1) is 6.85. The Morgan fingerprint density at radius 2 is 2.22 bits per heavy atom. The number of rotatable bonds is 2. The third-order valence-corrected chi connectivity index (χ3v) is 2.70. The monoisotopic (exact) mass is 124 g/mol. The van der Waals surface area contributed by atoms with Gasteiger partial charge >= 0.3 is 0 Å². The zero-order valence-electron chi connectivity index (χ0n) is 6.48. The van der Waals surface area contributed by atoms with Crippen LogP contribution in [0.2, 0.25) is 0 Å². The van der Waals surface area contributed by atoms with Gasteiger partial charge in [-0.05, 0) is 24.2 Å². The fourth-order valence-corrected chi connectivity index (χ4v) is 1.66. The summed E-state index contributed by atoms with van der Waals surface area (Å²) in [5.74, 6) is 0.829. The normalized spacial score (nSPS) is 41.8. The highest BCUT2D eigenvalue weighted by molar-refractivity contribution is 4.97. The molecule has 1 aliphatic carbocycles. The van der Waals surface area contributed by atoms with Crippen molar-refractivity contribution in [2.45, 2.75) is 33.1 Å². The topological polar surface area (TPSA) is 0 Å². The Kier molecular flexibility index (Phi) is 1.65. The smallest absolute Gasteiger partial charge is 0.0226 e. The Labute approximate surface area is 58.0 Å². The van der Waals surface area contributed by atoms with Gasteiger partial charge in [0.15, 0.2) is 0 Å². The number of hydrogen-bond acceptors (Lipinski definition) is 0. The molecule has 0 heteroatoms. The van der Waals surface area contributed by atoms with Crippen LogP contribution < -0.4 is 0 Å². The van der Waals surface area contributed by atoms with Gasteiger partial charge in [-0.2, -0.15) is 0 Å². The highest BCUT2D eigenvalue weighted by Crippen LogP contribution is 2.47. The zero-order valence-corrected chi connectivity index (χ0v) is 6.48. The molecule has 1 fully saturated rings. The molecule has 0 unspecified atom stereocenters. The third-order valence-electron chi connectivity index (χ3n) is 2.70. The summed E-state index contributed by atoms with van der Waals surface area (Å²) in [7, 11) is 0. The van der Waals surface area contributed by atoms with Gasteiger partial charge in [-0.3, -0.25) is 0 Å². The standard InChI is InChI=1S/C9H16/c1-4-8-6-9(3,5-2)7-8/h4,8H,1,5-7H2,2-3H3. The van der Waals surface area contributed by atoms with Crippen molar-refractivity contribution in [3.8, 4) is 0 Å². The summed E-state index contributed by atoms with van der Waals surface area (Å²) in [6.45, 7) is 8.43. The van der Waals surface area contributed by atoms with Gasteiger partial charge in [0.2, 0.25) is 0 Å². The van der Waals surface area contributed by atoms with Crippen molar-refractivity contribution < 1.29 is 0 Å². The molecule has 9 heavy (non-hydrogen) atoms. The molecule has 0 amide bonds. The van der Waals surface area contributed by atoms with Gasteiger partial charge < -0.3 is 0 Å². The summed E-state index contributed by atoms with van der Waals surface area (Å²) in [6, 6.07) is 0. The van der Waals surface area contributed by atoms with E-state index in [9.17, 15) is 0 Å². The van der Waals surface area contributed by atoms with Crippen LogP contribution in [0, 0.1) is 11.3 Å². The molecule has 1 aliphatic rings. The molecule has 0 N–H and O–H groups in total. The fraction of sp³-hybridized carbons (Fsp3) is 0.778. The largest absolute Gasteiger partial charge is 0.103 e. The van der Waals surface area contributed by atoms with E-state index in [1.165, 1.54) is 19.3 Å². The summed E-state index contributed by atoms with van der Waals surface area (Å²) in [5.41, 5.74) is 0.666. The number of hydrogen-bond donors (Lipinski definition) is 0. The molecule has 0 aromatic rings. The molecule has 1 saturated carbocycles. The summed E-state index contributed by atoms with van der Waals surface area (Å²) >= 11 is 0. The molecule has 0 bridgehead atoms. The van der Waals surface area contributed by atoms with Gasteiger partial charge in [-0.1, -0.05) is 26.3 Å². The lowest BCUT2D eigenvalue weighted by atomic mass is 9.62. The predicted octanol–water partition coefficient (Wildman–Crippen LogP) is 3.00. The molecule has 0 nitrogen and oxygen atoms in total. The van der Waals surface area contributed by atoms with Gasteiger partial charge in [0.25, 0.3) is 0 Å². The fourth-order valence-electron chi connectivity index (χ4n) is 1.66. The van der Waals surface area contributed by atoms with Crippen LogP contribution in [0.1, 0.15) is 33.1 Å². The van der Waals surface area contributed by atoms with E-state index in [4.69, 9.17) is 0 Å². The summed E-state index contributed by atoms with van der Waals surface area (Å²) < 4.78 is 0. The van der Waals surface area contributed by atoms with Gasteiger partial charge in [0, 0.05) is 0 Å². The van der Waals surface area contributed by atoms with E-state index < -0.39 is 0 Å². The van der Waals surface area contributed by atoms with E-state index in [1.807, 2.05) is 0 Å². The first-order valence-electron chi connectivity index (χ1n) is 3.83. The molecule has 1 rings (SSSR count). The van der Waals surface area contributed by atoms with E-state index >= 15 is 0 Å². The number of allylic oxidation sites excluding steroid dienone is 1. The van der Waals surface area contributed by atoms with Crippen molar-refractivity contribution in [3.05, 3.63) is 12.7 Å². The van der Waals surface area contributed by atoms with Gasteiger partial charge in [-0.25, -0.2) is 0 Å². The third kappa shape index (κ3) is 1.17. The highest BCUT2D eigenvalue weighted by atomic mass is 14.4. The minimum atomic E-state index is 0.666. The lowest BCUT2D eigenvalue weighted by molar-refractivity contribution is 0.102. The Morgan fingerprint density at radius 1 is 1.67 bits per heavy atom. The Hall–Kier alpha value is -0.260. The van der Waals surface area contributed by atoms with E-state index in [0.717, 1.165) is 5.92 Å². The minimum absolute atomic E-state index is 0.666. The van der Waals surface area contributed by atoms with Crippen LogP contribution in [0.5, 0.6) is 0 Å². The molecule has 0 spiro atoms. The lowest BCUT2D eigenvalue weighted by Gasteiger charge is -2.43. The van der Waals surface area contributed by atoms with Crippen LogP contribution in [0.3, 0.4) is 0 Å². The molecule has 0 radical (unpaired) electrons. The lowest BCUT2D eigenvalue weighted by Crippen LogP contribution is -2.32. The van der Waals surface area contributed by atoms with E-state index in [0.29, 0.717) is 5.41 Å². The van der Waals surface area contributed by atoms with Crippen molar-refractivity contribution in [1.29, 1.82) is 0 Å². The van der Waals surface area contributed by atoms with Crippen molar-refractivity contribution in [1.82, 2.24) is 0 Å². The molecular formula is C9H16. The average molecular weight is 124 g/mol. The van der Waals surface area contributed by atoms with Crippen molar-refractivity contribution >= 4 is 0 Å². The first-order valence-corrected chi connectivity index (χ1v) is 3.83. The van der Waals surface area contributed by atoms with Crippen LogP contribution in [-0.2, 0) is 0 Å². The second kappa shape index (κ2) is 2.17. The molecule has 0 aliphatic heterocycles. The summed E-state index contributed by atoms with van der Waals surface area (Å²) in [4.78, 5) is 0. The Morgan fingerprint density at radius 3 is 2.56 bits per heavy atom. The molecular weight excluding hydrogens is 108 g/mol. The first-order chi connectivity index (χ1) is 4.20. The molecule has 52 valence electrons. The summed E-state index contributed by atoms with van der Waals surface area (Å²) in [5, 5.41) is 0. The van der Waals surface area contributed by atoms with Crippen LogP contribution in [-0.4, -0.2) is 0 Å². The van der Waals surface area contributed by atoms with Crippen molar-refractivity contribution in [3.63, 3.8) is 0 Å². The Bertz CT molecular complexity index is 107. The zero-order chi connectivity index (χ0) is 6.91. The molecule has 0 aromatic heterocycles. The molecule has 0 aromatic carbocycles. The van der Waals surface area contributed by atoms with Crippen LogP contribution in [0.15, 0.2) is 12.7 Å². The van der Waals surface area contributed by atoms with Gasteiger partial charge in [0.1, 0.15) is 0 Å². The molecule has 0 saturated heterocycles. The SMILES string of the molecule is C=CC1CC(C)(CC)C1. The predicted molar refractivity (Wildman–Crippen MR) is 41.3 cm³/mol. The van der Waals surface area contributed by atoms with Crippen LogP contribution in [0.25, 0.3) is 0 Å². The van der Waals surface area contributed by atoms with E-state index in [2.05, 4.69) is 26.5 Å². The van der Waals surface area contributed by atoms with Crippen LogP contribution in [0.4, 0.5) is 0 Å². The summed E-state index contributed by atoms with van der Waals surface area (Å²) in [6.07, 6.45) is 6.16. The molecule has 0 atom stereocenters. The molecule has 0 heterocycles. The van der Waals surface area contributed by atoms with Crippen molar-refractivity contribution in [2.75, 3.05) is 0 Å². The highest BCUT2D eigenvalue weighted by Gasteiger charge is 2.36. The Balaban J connectivity index is 2.32. The quantitative estimate of drug-likeness (QED) is 0.496. The second-order valence-corrected chi connectivity index (χ2v) is 3.57. The second-order valence-electron chi connectivity index (χ2n) is 3.57. The maximum Gasteiger partial charge on any atom is -0.0226 e. The van der Waals surface area contributed by atoms with Gasteiger partial charge in [-0.15, -0.1) is 6.58 Å². The van der Waals surface area contributed by atoms with E-state index in [-0.39, 0.29) is 0 Å². The van der Waals surface area contributed by atoms with Crippen LogP contribution >= 0.6 is 0 Å². The average Bonchev–Trinajstić information content (AvgIpc) is 1.81. The van der Waals surface area contributed by atoms with E-state index in [1.54, 1.807) is 0 Å². The van der Waals surface area contributed by atoms with Crippen molar-refractivity contribution in [2.24, 2.45) is 11.3 Å². The maximum absolute atomic E-state index is 3.78.